The molecule has 1 aromatic rings. The van der Waals surface area contributed by atoms with Gasteiger partial charge in [-0.2, -0.15) is 0 Å². The molecule has 3 amide bonds. The zero-order valence-corrected chi connectivity index (χ0v) is 19.0. The Bertz CT molecular complexity index is 1020. The third-order valence-electron chi connectivity index (χ3n) is 5.83. The molecule has 0 radical (unpaired) electrons. The van der Waals surface area contributed by atoms with Gasteiger partial charge in [0.1, 0.15) is 12.3 Å². The Labute approximate surface area is 187 Å². The summed E-state index contributed by atoms with van der Waals surface area (Å²) in [6, 6.07) is 7.35. The van der Waals surface area contributed by atoms with Crippen LogP contribution < -0.4 is 0 Å². The van der Waals surface area contributed by atoms with Gasteiger partial charge in [-0.15, -0.1) is 0 Å². The van der Waals surface area contributed by atoms with Crippen molar-refractivity contribution in [3.8, 4) is 0 Å². The number of carbonyl (C=O) groups is 3. The smallest absolute Gasteiger partial charge is 0.417 e. The minimum atomic E-state index is -0.735. The number of fused-ring (bicyclic) bond motifs is 3. The highest BCUT2D eigenvalue weighted by Gasteiger charge is 2.53. The molecule has 0 spiro atoms. The number of nitrogens with zero attached hydrogens (tertiary/aromatic N) is 2. The lowest BCUT2D eigenvalue weighted by Crippen LogP contribution is -2.39. The van der Waals surface area contributed by atoms with Gasteiger partial charge in [0.2, 0.25) is 0 Å². The number of rotatable bonds is 4. The average Bonchev–Trinajstić information content (AvgIpc) is 3.30. The van der Waals surface area contributed by atoms with Crippen molar-refractivity contribution in [3.63, 3.8) is 0 Å². The summed E-state index contributed by atoms with van der Waals surface area (Å²) in [7, 11) is 1.50. The van der Waals surface area contributed by atoms with Gasteiger partial charge < -0.3 is 14.2 Å². The minimum absolute atomic E-state index is 0.0655. The fraction of sp³-hybridized carbons (Fsp3) is 0.458. The second-order valence-electron chi connectivity index (χ2n) is 9.25. The molecule has 8 heteroatoms. The molecule has 8 nitrogen and oxygen atoms in total. The highest BCUT2D eigenvalue weighted by Crippen LogP contribution is 2.50. The van der Waals surface area contributed by atoms with Crippen LogP contribution in [0.1, 0.15) is 44.9 Å². The standard InChI is InChI=1S/C24H28N2O6/c1-14-10-19(25(13-30-5)21(14)27)31-12-18-17-11-15-8-6-7-9-16(15)20(17)26(22(18)28)23(29)32-24(2,3)4/h6-10,12,17,19-20H,11,13H2,1-5H3. The van der Waals surface area contributed by atoms with Crippen LogP contribution in [0.3, 0.4) is 0 Å². The van der Waals surface area contributed by atoms with Crippen molar-refractivity contribution < 1.29 is 28.6 Å². The number of likely N-dealkylation sites (tertiary alicyclic amines) is 1. The first-order valence-electron chi connectivity index (χ1n) is 10.6. The summed E-state index contributed by atoms with van der Waals surface area (Å²) >= 11 is 0. The van der Waals surface area contributed by atoms with Crippen molar-refractivity contribution in [3.05, 3.63) is 58.9 Å². The van der Waals surface area contributed by atoms with E-state index in [0.717, 1.165) is 11.1 Å². The van der Waals surface area contributed by atoms with Crippen LogP contribution in [0.2, 0.25) is 0 Å². The highest BCUT2D eigenvalue weighted by atomic mass is 16.6. The van der Waals surface area contributed by atoms with Crippen molar-refractivity contribution in [1.29, 1.82) is 0 Å². The summed E-state index contributed by atoms with van der Waals surface area (Å²) in [4.78, 5) is 41.3. The first-order valence-corrected chi connectivity index (χ1v) is 10.6. The molecule has 1 aliphatic carbocycles. The first kappa shape index (κ1) is 22.1. The molecular weight excluding hydrogens is 412 g/mol. The Balaban J connectivity index is 1.66. The van der Waals surface area contributed by atoms with Crippen molar-refractivity contribution in [1.82, 2.24) is 9.80 Å². The van der Waals surface area contributed by atoms with Crippen molar-refractivity contribution >= 4 is 17.9 Å². The Morgan fingerprint density at radius 2 is 1.91 bits per heavy atom. The van der Waals surface area contributed by atoms with E-state index in [-0.39, 0.29) is 18.6 Å². The highest BCUT2D eigenvalue weighted by molar-refractivity contribution is 6.06. The number of hydrogen-bond donors (Lipinski definition) is 0. The van der Waals surface area contributed by atoms with E-state index in [1.807, 2.05) is 24.3 Å². The van der Waals surface area contributed by atoms with Gasteiger partial charge in [-0.3, -0.25) is 14.5 Å². The summed E-state index contributed by atoms with van der Waals surface area (Å²) < 4.78 is 16.5. The third kappa shape index (κ3) is 3.79. The molecule has 1 fully saturated rings. The summed E-state index contributed by atoms with van der Waals surface area (Å²) in [6.07, 6.45) is 2.34. The summed E-state index contributed by atoms with van der Waals surface area (Å²) in [5.74, 6) is -0.868. The average molecular weight is 440 g/mol. The lowest BCUT2D eigenvalue weighted by molar-refractivity contribution is -0.139. The van der Waals surface area contributed by atoms with Gasteiger partial charge in [-0.25, -0.2) is 9.69 Å². The number of hydrogen-bond acceptors (Lipinski definition) is 6. The monoisotopic (exact) mass is 440 g/mol. The van der Waals surface area contributed by atoms with Crippen molar-refractivity contribution in [2.75, 3.05) is 13.8 Å². The zero-order valence-electron chi connectivity index (χ0n) is 19.0. The fourth-order valence-electron chi connectivity index (χ4n) is 4.49. The van der Waals surface area contributed by atoms with E-state index in [1.165, 1.54) is 23.2 Å². The van der Waals surface area contributed by atoms with Crippen LogP contribution in [-0.2, 0) is 30.2 Å². The van der Waals surface area contributed by atoms with E-state index in [9.17, 15) is 14.4 Å². The molecule has 2 aliphatic heterocycles. The normalized spacial score (nSPS) is 25.8. The number of amides is 3. The summed E-state index contributed by atoms with van der Waals surface area (Å²) in [6.45, 7) is 7.07. The Morgan fingerprint density at radius 1 is 1.19 bits per heavy atom. The molecule has 0 aromatic heterocycles. The molecule has 3 aliphatic rings. The lowest BCUT2D eigenvalue weighted by atomic mass is 9.97. The van der Waals surface area contributed by atoms with Gasteiger partial charge in [0.25, 0.3) is 11.8 Å². The van der Waals surface area contributed by atoms with Gasteiger partial charge in [-0.1, -0.05) is 24.3 Å². The molecule has 32 heavy (non-hydrogen) atoms. The topological polar surface area (TPSA) is 85.4 Å². The van der Waals surface area contributed by atoms with Gasteiger partial charge in [0.05, 0.1) is 17.9 Å². The number of ether oxygens (including phenoxy) is 3. The largest absolute Gasteiger partial charge is 0.474 e. The molecule has 4 rings (SSSR count). The second kappa shape index (κ2) is 8.09. The Morgan fingerprint density at radius 3 is 2.59 bits per heavy atom. The number of methoxy groups -OCH3 is 1. The molecule has 3 atom stereocenters. The van der Waals surface area contributed by atoms with Gasteiger partial charge in [-0.05, 0) is 51.3 Å². The van der Waals surface area contributed by atoms with Gasteiger partial charge >= 0.3 is 6.09 Å². The minimum Gasteiger partial charge on any atom is -0.474 e. The maximum absolute atomic E-state index is 13.4. The van der Waals surface area contributed by atoms with Crippen LogP contribution in [-0.4, -0.2) is 53.4 Å². The van der Waals surface area contributed by atoms with Gasteiger partial charge in [0.15, 0.2) is 6.23 Å². The molecule has 2 heterocycles. The SMILES string of the molecule is COCN1C(=O)C(C)=CC1OC=C1C(=O)N(C(=O)OC(C)(C)C)C2c3ccccc3CC12. The summed E-state index contributed by atoms with van der Waals surface area (Å²) in [5, 5.41) is 0. The van der Waals surface area contributed by atoms with E-state index >= 15 is 0 Å². The van der Waals surface area contributed by atoms with E-state index < -0.39 is 29.9 Å². The Hall–Kier alpha value is -3.13. The van der Waals surface area contributed by atoms with Crippen molar-refractivity contribution in [2.24, 2.45) is 5.92 Å². The molecule has 3 unspecified atom stereocenters. The van der Waals surface area contributed by atoms with E-state index in [2.05, 4.69) is 0 Å². The van der Waals surface area contributed by atoms with Crippen LogP contribution in [0.15, 0.2) is 47.7 Å². The quantitative estimate of drug-likeness (QED) is 0.528. The van der Waals surface area contributed by atoms with Crippen LogP contribution in [0.25, 0.3) is 0 Å². The van der Waals surface area contributed by atoms with Crippen molar-refractivity contribution in [2.45, 2.75) is 52.0 Å². The molecule has 0 N–H and O–H groups in total. The first-order chi connectivity index (χ1) is 15.1. The Kier molecular flexibility index (Phi) is 5.58. The maximum Gasteiger partial charge on any atom is 0.417 e. The molecule has 1 aromatic carbocycles. The third-order valence-corrected chi connectivity index (χ3v) is 5.83. The lowest BCUT2D eigenvalue weighted by Gasteiger charge is -2.27. The fourth-order valence-corrected chi connectivity index (χ4v) is 4.49. The maximum atomic E-state index is 13.4. The summed E-state index contributed by atoms with van der Waals surface area (Å²) in [5.41, 5.74) is 2.22. The van der Waals surface area contributed by atoms with Crippen LogP contribution in [0, 0.1) is 5.92 Å². The van der Waals surface area contributed by atoms with E-state index in [1.54, 1.807) is 33.8 Å². The number of imide groups is 1. The molecule has 170 valence electrons. The predicted molar refractivity (Wildman–Crippen MR) is 115 cm³/mol. The molecule has 0 saturated carbocycles. The van der Waals surface area contributed by atoms with Crippen LogP contribution in [0.4, 0.5) is 4.79 Å². The second-order valence-corrected chi connectivity index (χ2v) is 9.25. The molecular formula is C24H28N2O6. The molecule has 1 saturated heterocycles. The zero-order chi connectivity index (χ0) is 23.2. The number of benzene rings is 1. The number of carbonyl (C=O) groups excluding carboxylic acids is 3. The molecule has 0 bridgehead atoms. The predicted octanol–water partition coefficient (Wildman–Crippen LogP) is 3.30. The van der Waals surface area contributed by atoms with Gasteiger partial charge in [0, 0.05) is 18.6 Å². The van der Waals surface area contributed by atoms with Crippen LogP contribution in [0.5, 0.6) is 0 Å². The van der Waals surface area contributed by atoms with Crippen LogP contribution >= 0.6 is 0 Å². The van der Waals surface area contributed by atoms with E-state index in [0.29, 0.717) is 17.6 Å². The van der Waals surface area contributed by atoms with E-state index in [4.69, 9.17) is 14.2 Å².